The van der Waals surface area contributed by atoms with Crippen LogP contribution in [0.3, 0.4) is 0 Å². The Morgan fingerprint density at radius 1 is 1.50 bits per heavy atom. The van der Waals surface area contributed by atoms with Gasteiger partial charge in [-0.05, 0) is 30.7 Å². The minimum atomic E-state index is -0.931. The Hall–Kier alpha value is -1.29. The minimum absolute atomic E-state index is 0.301. The Kier molecular flexibility index (Phi) is 2.96. The Morgan fingerprint density at radius 2 is 2.07 bits per heavy atom. The molecule has 1 unspecified atom stereocenters. The SMILES string of the molecule is CC(C(=O)O)c1ccc(C(=O)Cl)n1C. The fourth-order valence-corrected chi connectivity index (χ4v) is 1.48. The summed E-state index contributed by atoms with van der Waals surface area (Å²) < 4.78 is 1.49. The number of aromatic nitrogens is 1. The average Bonchev–Trinajstić information content (AvgIpc) is 2.45. The summed E-state index contributed by atoms with van der Waals surface area (Å²) in [5, 5.41) is 8.19. The van der Waals surface area contributed by atoms with Gasteiger partial charge in [-0.1, -0.05) is 0 Å². The maximum absolute atomic E-state index is 10.9. The maximum atomic E-state index is 10.9. The zero-order valence-corrected chi connectivity index (χ0v) is 8.58. The van der Waals surface area contributed by atoms with E-state index in [2.05, 4.69) is 0 Å². The van der Waals surface area contributed by atoms with E-state index in [0.717, 1.165) is 0 Å². The quantitative estimate of drug-likeness (QED) is 0.779. The summed E-state index contributed by atoms with van der Waals surface area (Å²) >= 11 is 5.30. The maximum Gasteiger partial charge on any atom is 0.312 e. The summed E-state index contributed by atoms with van der Waals surface area (Å²) in [5.74, 6) is -1.58. The predicted molar refractivity (Wildman–Crippen MR) is 51.6 cm³/mol. The van der Waals surface area contributed by atoms with Crippen molar-refractivity contribution in [2.24, 2.45) is 7.05 Å². The number of aliphatic carboxylic acids is 1. The van der Waals surface area contributed by atoms with E-state index in [9.17, 15) is 9.59 Å². The van der Waals surface area contributed by atoms with Crippen LogP contribution in [0.15, 0.2) is 12.1 Å². The van der Waals surface area contributed by atoms with Crippen LogP contribution in [0, 0.1) is 0 Å². The summed E-state index contributed by atoms with van der Waals surface area (Å²) in [6.45, 7) is 1.56. The molecule has 1 rings (SSSR count). The molecular weight excluding hydrogens is 206 g/mol. The molecule has 0 aliphatic rings. The number of carboxylic acid groups (broad SMARTS) is 1. The molecule has 5 heteroatoms. The van der Waals surface area contributed by atoms with Crippen molar-refractivity contribution in [2.45, 2.75) is 12.8 Å². The number of carboxylic acids is 1. The van der Waals surface area contributed by atoms with E-state index < -0.39 is 17.1 Å². The van der Waals surface area contributed by atoms with Gasteiger partial charge in [0, 0.05) is 12.7 Å². The van der Waals surface area contributed by atoms with Crippen LogP contribution in [0.5, 0.6) is 0 Å². The van der Waals surface area contributed by atoms with E-state index in [1.807, 2.05) is 0 Å². The fourth-order valence-electron chi connectivity index (χ4n) is 1.29. The highest BCUT2D eigenvalue weighted by atomic mass is 35.5. The number of rotatable bonds is 3. The second-order valence-corrected chi connectivity index (χ2v) is 3.38. The molecule has 1 aromatic heterocycles. The lowest BCUT2D eigenvalue weighted by molar-refractivity contribution is -0.138. The third kappa shape index (κ3) is 1.80. The zero-order valence-electron chi connectivity index (χ0n) is 7.82. The minimum Gasteiger partial charge on any atom is -0.481 e. The van der Waals surface area contributed by atoms with E-state index in [-0.39, 0.29) is 0 Å². The lowest BCUT2D eigenvalue weighted by Gasteiger charge is -2.08. The van der Waals surface area contributed by atoms with Crippen LogP contribution < -0.4 is 0 Å². The summed E-state index contributed by atoms with van der Waals surface area (Å²) in [7, 11) is 1.62. The monoisotopic (exact) mass is 215 g/mol. The summed E-state index contributed by atoms with van der Waals surface area (Å²) in [6.07, 6.45) is 0. The van der Waals surface area contributed by atoms with E-state index in [4.69, 9.17) is 16.7 Å². The topological polar surface area (TPSA) is 59.3 Å². The first kappa shape index (κ1) is 10.8. The second-order valence-electron chi connectivity index (χ2n) is 3.04. The molecular formula is C9H10ClNO3. The third-order valence-electron chi connectivity index (χ3n) is 2.18. The number of carbonyl (C=O) groups excluding carboxylic acids is 1. The van der Waals surface area contributed by atoms with Gasteiger partial charge in [-0.2, -0.15) is 0 Å². The highest BCUT2D eigenvalue weighted by Gasteiger charge is 2.19. The van der Waals surface area contributed by atoms with Gasteiger partial charge in [-0.25, -0.2) is 0 Å². The van der Waals surface area contributed by atoms with Crippen molar-refractivity contribution in [3.05, 3.63) is 23.5 Å². The van der Waals surface area contributed by atoms with Crippen molar-refractivity contribution in [3.8, 4) is 0 Å². The van der Waals surface area contributed by atoms with Gasteiger partial charge >= 0.3 is 5.97 Å². The normalized spacial score (nSPS) is 12.5. The van der Waals surface area contributed by atoms with E-state index in [0.29, 0.717) is 11.4 Å². The standard InChI is InChI=1S/C9H10ClNO3/c1-5(9(13)14)6-3-4-7(8(10)12)11(6)2/h3-5H,1-2H3,(H,13,14). The van der Waals surface area contributed by atoms with Gasteiger partial charge in [0.1, 0.15) is 5.69 Å². The second kappa shape index (κ2) is 3.84. The average molecular weight is 216 g/mol. The Bertz CT molecular complexity index is 383. The van der Waals surface area contributed by atoms with Crippen LogP contribution in [0.2, 0.25) is 0 Å². The molecule has 0 aliphatic carbocycles. The molecule has 0 spiro atoms. The summed E-state index contributed by atoms with van der Waals surface area (Å²) in [5.41, 5.74) is 0.858. The Balaban J connectivity index is 3.13. The van der Waals surface area contributed by atoms with Gasteiger partial charge in [-0.15, -0.1) is 0 Å². The number of halogens is 1. The molecule has 76 valence electrons. The molecule has 0 aliphatic heterocycles. The number of carbonyl (C=O) groups is 2. The van der Waals surface area contributed by atoms with E-state index >= 15 is 0 Å². The van der Waals surface area contributed by atoms with Crippen molar-refractivity contribution < 1.29 is 14.7 Å². The summed E-state index contributed by atoms with van der Waals surface area (Å²) in [6, 6.07) is 3.11. The molecule has 0 saturated heterocycles. The van der Waals surface area contributed by atoms with Gasteiger partial charge in [0.15, 0.2) is 0 Å². The molecule has 1 aromatic rings. The molecule has 0 saturated carbocycles. The first-order valence-corrected chi connectivity index (χ1v) is 4.41. The van der Waals surface area contributed by atoms with E-state index in [1.54, 1.807) is 20.0 Å². The van der Waals surface area contributed by atoms with Crippen molar-refractivity contribution >= 4 is 22.8 Å². The highest BCUT2D eigenvalue weighted by Crippen LogP contribution is 2.18. The molecule has 1 N–H and O–H groups in total. The molecule has 4 nitrogen and oxygen atoms in total. The van der Waals surface area contributed by atoms with Crippen LogP contribution >= 0.6 is 11.6 Å². The van der Waals surface area contributed by atoms with Crippen molar-refractivity contribution in [2.75, 3.05) is 0 Å². The number of hydrogen-bond acceptors (Lipinski definition) is 2. The van der Waals surface area contributed by atoms with Gasteiger partial charge in [0.2, 0.25) is 0 Å². The predicted octanol–water partition coefficient (Wildman–Crippen LogP) is 1.59. The zero-order chi connectivity index (χ0) is 10.9. The highest BCUT2D eigenvalue weighted by molar-refractivity contribution is 6.67. The van der Waals surface area contributed by atoms with Crippen molar-refractivity contribution in [1.82, 2.24) is 4.57 Å². The third-order valence-corrected chi connectivity index (χ3v) is 2.37. The number of hydrogen-bond donors (Lipinski definition) is 1. The van der Waals surface area contributed by atoms with Crippen LogP contribution in [-0.4, -0.2) is 20.9 Å². The van der Waals surface area contributed by atoms with E-state index in [1.165, 1.54) is 10.6 Å². The van der Waals surface area contributed by atoms with Crippen molar-refractivity contribution in [3.63, 3.8) is 0 Å². The lowest BCUT2D eigenvalue weighted by Crippen LogP contribution is -2.13. The van der Waals surface area contributed by atoms with Crippen LogP contribution in [0.1, 0.15) is 29.0 Å². The first-order chi connectivity index (χ1) is 6.45. The Morgan fingerprint density at radius 3 is 2.43 bits per heavy atom. The molecule has 0 amide bonds. The summed E-state index contributed by atoms with van der Waals surface area (Å²) in [4.78, 5) is 21.6. The van der Waals surface area contributed by atoms with Crippen molar-refractivity contribution in [1.29, 1.82) is 0 Å². The van der Waals surface area contributed by atoms with Crippen LogP contribution in [0.25, 0.3) is 0 Å². The number of nitrogens with zero attached hydrogens (tertiary/aromatic N) is 1. The van der Waals surface area contributed by atoms with Gasteiger partial charge < -0.3 is 9.67 Å². The van der Waals surface area contributed by atoms with Crippen LogP contribution in [-0.2, 0) is 11.8 Å². The molecule has 0 bridgehead atoms. The first-order valence-electron chi connectivity index (χ1n) is 4.03. The van der Waals surface area contributed by atoms with Gasteiger partial charge in [0.25, 0.3) is 5.24 Å². The molecule has 0 fully saturated rings. The fraction of sp³-hybridized carbons (Fsp3) is 0.333. The largest absolute Gasteiger partial charge is 0.481 e. The van der Waals surface area contributed by atoms with Crippen LogP contribution in [0.4, 0.5) is 0 Å². The molecule has 1 atom stereocenters. The molecule has 1 heterocycles. The van der Waals surface area contributed by atoms with Gasteiger partial charge in [-0.3, -0.25) is 9.59 Å². The molecule has 0 radical (unpaired) electrons. The smallest absolute Gasteiger partial charge is 0.312 e. The molecule has 14 heavy (non-hydrogen) atoms. The Labute approximate surface area is 86.1 Å². The molecule has 0 aromatic carbocycles. The lowest BCUT2D eigenvalue weighted by atomic mass is 10.1. The van der Waals surface area contributed by atoms with Gasteiger partial charge in [0.05, 0.1) is 5.92 Å².